The molecule has 7 heteroatoms. The summed E-state index contributed by atoms with van der Waals surface area (Å²) in [5.41, 5.74) is 2.53. The Morgan fingerprint density at radius 1 is 1.15 bits per heavy atom. The molecule has 1 aromatic heterocycles. The maximum atomic E-state index is 14.5. The topological polar surface area (TPSA) is 59.8 Å². The van der Waals surface area contributed by atoms with Crippen LogP contribution in [0.25, 0.3) is 5.69 Å². The second kappa shape index (κ2) is 10.9. The van der Waals surface area contributed by atoms with Gasteiger partial charge in [-0.25, -0.2) is 9.07 Å². The van der Waals surface area contributed by atoms with Gasteiger partial charge in [0.1, 0.15) is 0 Å². The van der Waals surface area contributed by atoms with E-state index in [9.17, 15) is 9.50 Å². The minimum atomic E-state index is -0.580. The molecule has 0 spiro atoms. The molecule has 2 aromatic carbocycles. The van der Waals surface area contributed by atoms with Crippen molar-refractivity contribution in [2.24, 2.45) is 5.92 Å². The molecule has 0 aliphatic heterocycles. The molecule has 3 aromatic rings. The molecular weight excluding hydrogens is 421 g/mol. The highest BCUT2D eigenvalue weighted by molar-refractivity contribution is 5.43. The van der Waals surface area contributed by atoms with Gasteiger partial charge < -0.3 is 14.6 Å². The van der Waals surface area contributed by atoms with E-state index >= 15 is 0 Å². The zero-order valence-corrected chi connectivity index (χ0v) is 19.3. The van der Waals surface area contributed by atoms with Gasteiger partial charge in [0.2, 0.25) is 5.88 Å². The fourth-order valence-electron chi connectivity index (χ4n) is 3.90. The van der Waals surface area contributed by atoms with E-state index in [2.05, 4.69) is 4.90 Å². The third kappa shape index (κ3) is 6.19. The molecule has 1 atom stereocenters. The summed E-state index contributed by atoms with van der Waals surface area (Å²) in [6.45, 7) is 6.66. The van der Waals surface area contributed by atoms with Gasteiger partial charge in [-0.05, 0) is 56.9 Å². The molecule has 0 unspecified atom stereocenters. The molecule has 1 aliphatic carbocycles. The van der Waals surface area contributed by atoms with E-state index in [0.29, 0.717) is 38.1 Å². The van der Waals surface area contributed by atoms with Crippen LogP contribution in [0.3, 0.4) is 0 Å². The molecule has 4 rings (SSSR count). The minimum absolute atomic E-state index is 0.154. The third-order valence-corrected chi connectivity index (χ3v) is 5.76. The minimum Gasteiger partial charge on any atom is -0.435 e. The van der Waals surface area contributed by atoms with Gasteiger partial charge >= 0.3 is 0 Å². The van der Waals surface area contributed by atoms with Crippen LogP contribution in [0.15, 0.2) is 54.6 Å². The molecule has 176 valence electrons. The Bertz CT molecular complexity index is 1040. The normalized spacial score (nSPS) is 14.6. The number of para-hydroxylation sites is 2. The van der Waals surface area contributed by atoms with Crippen LogP contribution < -0.4 is 4.74 Å². The predicted molar refractivity (Wildman–Crippen MR) is 125 cm³/mol. The van der Waals surface area contributed by atoms with Crippen LogP contribution in [0, 0.1) is 18.7 Å². The number of hydrogen-bond acceptors (Lipinski definition) is 5. The number of benzene rings is 2. The first-order valence-corrected chi connectivity index (χ1v) is 11.6. The summed E-state index contributed by atoms with van der Waals surface area (Å²) in [6, 6.07) is 16.1. The number of nitrogens with zero attached hydrogens (tertiary/aromatic N) is 3. The number of hydrogen-bond donors (Lipinski definition) is 1. The van der Waals surface area contributed by atoms with Crippen LogP contribution in [0.4, 0.5) is 4.39 Å². The molecule has 33 heavy (non-hydrogen) atoms. The van der Waals surface area contributed by atoms with Gasteiger partial charge in [0.05, 0.1) is 29.7 Å². The number of halogens is 1. The summed E-state index contributed by atoms with van der Waals surface area (Å²) in [6.07, 6.45) is 1.83. The standard InChI is InChI=1S/C26H32FN3O3/c1-3-32-18-22(31)16-29(15-20-13-14-20)17-23-19(2)28-30(21-9-5-4-6-10-21)26(23)33-25-12-8-7-11-24(25)27/h4-12,20,22,31H,3,13-18H2,1-2H3/t22-/m0/s1. The first-order chi connectivity index (χ1) is 16.0. The zero-order chi connectivity index (χ0) is 23.2. The largest absolute Gasteiger partial charge is 0.435 e. The SMILES string of the molecule is CCOC[C@@H](O)CN(Cc1c(C)nn(-c2ccccc2)c1Oc1ccccc1F)CC1CC1. The van der Waals surface area contributed by atoms with Crippen molar-refractivity contribution >= 4 is 0 Å². The monoisotopic (exact) mass is 453 g/mol. The van der Waals surface area contributed by atoms with Crippen LogP contribution in [0.1, 0.15) is 31.0 Å². The van der Waals surface area contributed by atoms with Crippen molar-refractivity contribution in [3.05, 3.63) is 71.7 Å². The van der Waals surface area contributed by atoms with Gasteiger partial charge in [-0.15, -0.1) is 0 Å². The number of aryl methyl sites for hydroxylation is 1. The highest BCUT2D eigenvalue weighted by atomic mass is 19.1. The first kappa shape index (κ1) is 23.4. The van der Waals surface area contributed by atoms with E-state index in [1.807, 2.05) is 44.2 Å². The van der Waals surface area contributed by atoms with E-state index in [1.165, 1.54) is 18.9 Å². The number of aliphatic hydroxyl groups is 1. The molecule has 1 fully saturated rings. The van der Waals surface area contributed by atoms with Crippen LogP contribution >= 0.6 is 0 Å². The molecule has 1 aliphatic rings. The van der Waals surface area contributed by atoms with Crippen LogP contribution in [-0.2, 0) is 11.3 Å². The van der Waals surface area contributed by atoms with Crippen molar-refractivity contribution in [3.63, 3.8) is 0 Å². The van der Waals surface area contributed by atoms with Gasteiger partial charge in [-0.2, -0.15) is 5.10 Å². The Kier molecular flexibility index (Phi) is 7.75. The number of aliphatic hydroxyl groups excluding tert-OH is 1. The lowest BCUT2D eigenvalue weighted by molar-refractivity contribution is 0.0186. The van der Waals surface area contributed by atoms with Crippen LogP contribution in [0.2, 0.25) is 0 Å². The van der Waals surface area contributed by atoms with Gasteiger partial charge in [0.25, 0.3) is 0 Å². The van der Waals surface area contributed by atoms with Crippen molar-refractivity contribution in [3.8, 4) is 17.3 Å². The Labute approximate surface area is 194 Å². The van der Waals surface area contributed by atoms with Gasteiger partial charge in [0, 0.05) is 26.2 Å². The highest BCUT2D eigenvalue weighted by Crippen LogP contribution is 2.34. The molecule has 0 bridgehead atoms. The van der Waals surface area contributed by atoms with Crippen molar-refractivity contribution < 1.29 is 19.0 Å². The maximum absolute atomic E-state index is 14.5. The lowest BCUT2D eigenvalue weighted by Crippen LogP contribution is -2.36. The fraction of sp³-hybridized carbons (Fsp3) is 0.423. The summed E-state index contributed by atoms with van der Waals surface area (Å²) >= 11 is 0. The lowest BCUT2D eigenvalue weighted by atomic mass is 10.2. The molecule has 0 radical (unpaired) electrons. The summed E-state index contributed by atoms with van der Waals surface area (Å²) < 4.78 is 27.8. The third-order valence-electron chi connectivity index (χ3n) is 5.76. The molecular formula is C26H32FN3O3. The molecule has 1 N–H and O–H groups in total. The Morgan fingerprint density at radius 3 is 2.58 bits per heavy atom. The van der Waals surface area contributed by atoms with Crippen molar-refractivity contribution in [1.82, 2.24) is 14.7 Å². The lowest BCUT2D eigenvalue weighted by Gasteiger charge is -2.25. The number of ether oxygens (including phenoxy) is 2. The molecule has 6 nitrogen and oxygen atoms in total. The van der Waals surface area contributed by atoms with E-state index in [4.69, 9.17) is 14.6 Å². The van der Waals surface area contributed by atoms with Crippen LogP contribution in [0.5, 0.6) is 11.6 Å². The Morgan fingerprint density at radius 2 is 1.88 bits per heavy atom. The highest BCUT2D eigenvalue weighted by Gasteiger charge is 2.28. The zero-order valence-electron chi connectivity index (χ0n) is 19.3. The van der Waals surface area contributed by atoms with Crippen molar-refractivity contribution in [2.75, 3.05) is 26.3 Å². The Hall–Kier alpha value is -2.74. The van der Waals surface area contributed by atoms with Gasteiger partial charge in [-0.1, -0.05) is 30.3 Å². The maximum Gasteiger partial charge on any atom is 0.227 e. The van der Waals surface area contributed by atoms with Gasteiger partial charge in [0.15, 0.2) is 11.6 Å². The number of aromatic nitrogens is 2. The van der Waals surface area contributed by atoms with Crippen molar-refractivity contribution in [1.29, 1.82) is 0 Å². The number of rotatable bonds is 12. The average molecular weight is 454 g/mol. The summed E-state index contributed by atoms with van der Waals surface area (Å²) in [4.78, 5) is 2.23. The second-order valence-electron chi connectivity index (χ2n) is 8.60. The molecule has 0 amide bonds. The summed E-state index contributed by atoms with van der Waals surface area (Å²) in [5, 5.41) is 15.2. The molecule has 1 saturated carbocycles. The Balaban J connectivity index is 1.66. The van der Waals surface area contributed by atoms with E-state index < -0.39 is 11.9 Å². The van der Waals surface area contributed by atoms with Crippen LogP contribution in [-0.4, -0.2) is 52.2 Å². The van der Waals surface area contributed by atoms with E-state index in [1.54, 1.807) is 22.9 Å². The predicted octanol–water partition coefficient (Wildman–Crippen LogP) is 4.72. The molecule has 0 saturated heterocycles. The average Bonchev–Trinajstić information content (AvgIpc) is 3.58. The van der Waals surface area contributed by atoms with E-state index in [-0.39, 0.29) is 5.75 Å². The first-order valence-electron chi connectivity index (χ1n) is 11.6. The quantitative estimate of drug-likeness (QED) is 0.430. The molecule has 1 heterocycles. The van der Waals surface area contributed by atoms with Crippen molar-refractivity contribution in [2.45, 2.75) is 39.3 Å². The summed E-state index contributed by atoms with van der Waals surface area (Å²) in [7, 11) is 0. The van der Waals surface area contributed by atoms with Gasteiger partial charge in [-0.3, -0.25) is 4.90 Å². The van der Waals surface area contributed by atoms with E-state index in [0.717, 1.165) is 23.5 Å². The summed E-state index contributed by atoms with van der Waals surface area (Å²) in [5.74, 6) is 0.860. The second-order valence-corrected chi connectivity index (χ2v) is 8.60. The smallest absolute Gasteiger partial charge is 0.227 e. The fourth-order valence-corrected chi connectivity index (χ4v) is 3.90.